The molecule has 160 valence electrons. The van der Waals surface area contributed by atoms with E-state index in [0.717, 1.165) is 28.5 Å². The molecule has 0 aliphatic carbocycles. The molecule has 1 amide bonds. The Hall–Kier alpha value is -3.54. The summed E-state index contributed by atoms with van der Waals surface area (Å²) in [6, 6.07) is 16.8. The second-order valence-electron chi connectivity index (χ2n) is 8.58. The van der Waals surface area contributed by atoms with Crippen LogP contribution >= 0.6 is 0 Å². The minimum absolute atomic E-state index is 0.206. The molecule has 2 aromatic carbocycles. The van der Waals surface area contributed by atoms with E-state index >= 15 is 0 Å². The lowest BCUT2D eigenvalue weighted by molar-refractivity contribution is 0.0270. The number of para-hydroxylation sites is 1. The molecular weight excluding hydrogens is 392 g/mol. The Morgan fingerprint density at radius 2 is 1.87 bits per heavy atom. The van der Waals surface area contributed by atoms with E-state index in [9.17, 15) is 9.59 Å². The van der Waals surface area contributed by atoms with Crippen molar-refractivity contribution in [3.8, 4) is 11.5 Å². The fourth-order valence-electron chi connectivity index (χ4n) is 3.57. The smallest absolute Gasteiger partial charge is 0.410 e. The number of aromatic nitrogens is 1. The van der Waals surface area contributed by atoms with Crippen molar-refractivity contribution < 1.29 is 14.3 Å². The van der Waals surface area contributed by atoms with Crippen molar-refractivity contribution in [3.63, 3.8) is 0 Å². The van der Waals surface area contributed by atoms with Gasteiger partial charge in [0, 0.05) is 24.5 Å². The van der Waals surface area contributed by atoms with Crippen LogP contribution in [0.3, 0.4) is 0 Å². The molecule has 0 unspecified atom stereocenters. The number of hydrogen-bond donors (Lipinski definition) is 1. The highest BCUT2D eigenvalue weighted by Gasteiger charge is 2.24. The SMILES string of the molecule is CC(C)(C)OC(=O)N1CC=C(c2cccc(Oc3cc(=O)[nH]c4ccccc34)c2)CC1. The Labute approximate surface area is 181 Å². The minimum atomic E-state index is -0.504. The average Bonchev–Trinajstić information content (AvgIpc) is 2.73. The normalized spacial score (nSPS) is 14.3. The molecule has 0 fully saturated rings. The Balaban J connectivity index is 1.52. The van der Waals surface area contributed by atoms with Gasteiger partial charge in [0.15, 0.2) is 0 Å². The quantitative estimate of drug-likeness (QED) is 0.623. The number of benzene rings is 2. The molecule has 1 N–H and O–H groups in total. The summed E-state index contributed by atoms with van der Waals surface area (Å²) in [5.41, 5.74) is 2.22. The summed E-state index contributed by atoms with van der Waals surface area (Å²) < 4.78 is 11.5. The molecule has 1 aromatic heterocycles. The first kappa shape index (κ1) is 20.7. The fraction of sp³-hybridized carbons (Fsp3) is 0.280. The Kier molecular flexibility index (Phi) is 5.55. The second kappa shape index (κ2) is 8.30. The van der Waals surface area contributed by atoms with Crippen molar-refractivity contribution in [3.05, 3.63) is 76.6 Å². The molecule has 0 saturated carbocycles. The van der Waals surface area contributed by atoms with Crippen LogP contribution in [0.2, 0.25) is 0 Å². The first-order chi connectivity index (χ1) is 14.8. The molecule has 3 aromatic rings. The van der Waals surface area contributed by atoms with Gasteiger partial charge in [0.2, 0.25) is 0 Å². The third-order valence-corrected chi connectivity index (χ3v) is 5.01. The van der Waals surface area contributed by atoms with Crippen LogP contribution in [-0.2, 0) is 4.74 Å². The summed E-state index contributed by atoms with van der Waals surface area (Å²) in [5, 5.41) is 0.845. The molecule has 31 heavy (non-hydrogen) atoms. The van der Waals surface area contributed by atoms with E-state index in [1.165, 1.54) is 6.07 Å². The van der Waals surface area contributed by atoms with E-state index < -0.39 is 5.60 Å². The molecular formula is C25H26N2O4. The molecule has 4 rings (SSSR count). The van der Waals surface area contributed by atoms with Gasteiger partial charge in [-0.3, -0.25) is 4.79 Å². The number of aromatic amines is 1. The molecule has 0 spiro atoms. The molecule has 0 atom stereocenters. The number of carbonyl (C=O) groups excluding carboxylic acids is 1. The average molecular weight is 418 g/mol. The number of nitrogens with one attached hydrogen (secondary N) is 1. The zero-order chi connectivity index (χ0) is 22.0. The summed E-state index contributed by atoms with van der Waals surface area (Å²) in [6.45, 7) is 6.71. The lowest BCUT2D eigenvalue weighted by Gasteiger charge is -2.29. The van der Waals surface area contributed by atoms with Crippen molar-refractivity contribution in [2.24, 2.45) is 0 Å². The number of amides is 1. The van der Waals surface area contributed by atoms with E-state index in [2.05, 4.69) is 11.1 Å². The molecule has 2 heterocycles. The summed E-state index contributed by atoms with van der Waals surface area (Å²) in [5.74, 6) is 1.17. The zero-order valence-electron chi connectivity index (χ0n) is 18.0. The van der Waals surface area contributed by atoms with Crippen molar-refractivity contribution in [2.75, 3.05) is 13.1 Å². The van der Waals surface area contributed by atoms with E-state index in [0.29, 0.717) is 24.6 Å². The standard InChI is InChI=1S/C25H26N2O4/c1-25(2,3)31-24(29)27-13-11-17(12-14-27)18-7-6-8-19(15-18)30-22-16-23(28)26-21-10-5-4-9-20(21)22/h4-11,15-16H,12-14H2,1-3H3,(H,26,28). The molecule has 1 aliphatic rings. The molecule has 0 bridgehead atoms. The van der Waals surface area contributed by atoms with E-state index in [4.69, 9.17) is 9.47 Å². The van der Waals surface area contributed by atoms with E-state index in [1.54, 1.807) is 4.90 Å². The van der Waals surface area contributed by atoms with Crippen LogP contribution in [0.25, 0.3) is 16.5 Å². The molecule has 1 aliphatic heterocycles. The van der Waals surface area contributed by atoms with Gasteiger partial charge in [-0.25, -0.2) is 4.79 Å². The van der Waals surface area contributed by atoms with Crippen LogP contribution < -0.4 is 10.3 Å². The molecule has 6 nitrogen and oxygen atoms in total. The van der Waals surface area contributed by atoms with Crippen LogP contribution in [0.4, 0.5) is 4.79 Å². The highest BCUT2D eigenvalue weighted by Crippen LogP contribution is 2.31. The Morgan fingerprint density at radius 3 is 2.61 bits per heavy atom. The van der Waals surface area contributed by atoms with E-state index in [1.807, 2.05) is 69.3 Å². The van der Waals surface area contributed by atoms with Crippen molar-refractivity contribution >= 4 is 22.6 Å². The van der Waals surface area contributed by atoms with Gasteiger partial charge in [-0.05, 0) is 62.6 Å². The number of pyridine rings is 1. The maximum absolute atomic E-state index is 12.3. The summed E-state index contributed by atoms with van der Waals surface area (Å²) in [6.07, 6.45) is 2.49. The van der Waals surface area contributed by atoms with Gasteiger partial charge in [-0.1, -0.05) is 30.3 Å². The summed E-state index contributed by atoms with van der Waals surface area (Å²) in [4.78, 5) is 28.8. The largest absolute Gasteiger partial charge is 0.456 e. The van der Waals surface area contributed by atoms with Gasteiger partial charge < -0.3 is 19.4 Å². The van der Waals surface area contributed by atoms with Crippen molar-refractivity contribution in [1.82, 2.24) is 9.88 Å². The topological polar surface area (TPSA) is 71.6 Å². The molecule has 6 heteroatoms. The zero-order valence-corrected chi connectivity index (χ0v) is 18.0. The first-order valence-corrected chi connectivity index (χ1v) is 10.4. The van der Waals surface area contributed by atoms with Crippen LogP contribution in [-0.4, -0.2) is 34.7 Å². The van der Waals surface area contributed by atoms with Crippen LogP contribution in [0.15, 0.2) is 65.5 Å². The predicted octanol–water partition coefficient (Wildman–Crippen LogP) is 5.34. The van der Waals surface area contributed by atoms with Crippen molar-refractivity contribution in [1.29, 1.82) is 0 Å². The van der Waals surface area contributed by atoms with Crippen molar-refractivity contribution in [2.45, 2.75) is 32.8 Å². The lowest BCUT2D eigenvalue weighted by atomic mass is 9.99. The van der Waals surface area contributed by atoms with Gasteiger partial charge in [-0.15, -0.1) is 0 Å². The van der Waals surface area contributed by atoms with Gasteiger partial charge in [0.1, 0.15) is 17.1 Å². The molecule has 0 radical (unpaired) electrons. The highest BCUT2D eigenvalue weighted by molar-refractivity contribution is 5.85. The first-order valence-electron chi connectivity index (χ1n) is 10.4. The van der Waals surface area contributed by atoms with E-state index in [-0.39, 0.29) is 11.7 Å². The van der Waals surface area contributed by atoms with Gasteiger partial charge in [-0.2, -0.15) is 0 Å². The number of H-pyrrole nitrogens is 1. The minimum Gasteiger partial charge on any atom is -0.456 e. The maximum atomic E-state index is 12.3. The fourth-order valence-corrected chi connectivity index (χ4v) is 3.57. The maximum Gasteiger partial charge on any atom is 0.410 e. The van der Waals surface area contributed by atoms with Crippen LogP contribution in [0.5, 0.6) is 11.5 Å². The summed E-state index contributed by atoms with van der Waals surface area (Å²) in [7, 11) is 0. The van der Waals surface area contributed by atoms with Gasteiger partial charge in [0.25, 0.3) is 5.56 Å². The number of hydrogen-bond acceptors (Lipinski definition) is 4. The summed E-state index contributed by atoms with van der Waals surface area (Å²) >= 11 is 0. The van der Waals surface area contributed by atoms with Crippen LogP contribution in [0.1, 0.15) is 32.8 Å². The van der Waals surface area contributed by atoms with Gasteiger partial charge >= 0.3 is 6.09 Å². The monoisotopic (exact) mass is 418 g/mol. The number of rotatable bonds is 3. The third-order valence-electron chi connectivity index (χ3n) is 5.01. The Bertz CT molecular complexity index is 1200. The number of nitrogens with zero attached hydrogens (tertiary/aromatic N) is 1. The highest BCUT2D eigenvalue weighted by atomic mass is 16.6. The second-order valence-corrected chi connectivity index (χ2v) is 8.58. The third kappa shape index (κ3) is 4.97. The number of fused-ring (bicyclic) bond motifs is 1. The van der Waals surface area contributed by atoms with Crippen LogP contribution in [0, 0.1) is 0 Å². The number of carbonyl (C=O) groups is 1. The predicted molar refractivity (Wildman–Crippen MR) is 121 cm³/mol. The molecule has 0 saturated heterocycles. The lowest BCUT2D eigenvalue weighted by Crippen LogP contribution is -2.39. The Morgan fingerprint density at radius 1 is 1.06 bits per heavy atom. The number of ether oxygens (including phenoxy) is 2. The van der Waals surface area contributed by atoms with Gasteiger partial charge in [0.05, 0.1) is 5.52 Å².